The third-order valence-corrected chi connectivity index (χ3v) is 5.72. The van der Waals surface area contributed by atoms with Gasteiger partial charge < -0.3 is 10.1 Å². The zero-order chi connectivity index (χ0) is 19.2. The van der Waals surface area contributed by atoms with Gasteiger partial charge in [-0.25, -0.2) is 4.98 Å². The molecule has 4 rings (SSSR count). The van der Waals surface area contributed by atoms with Crippen LogP contribution in [0, 0.1) is 0 Å². The van der Waals surface area contributed by atoms with Crippen LogP contribution in [-0.4, -0.2) is 47.1 Å². The molecule has 0 radical (unpaired) electrons. The summed E-state index contributed by atoms with van der Waals surface area (Å²) >= 11 is 1.60. The summed E-state index contributed by atoms with van der Waals surface area (Å²) in [7, 11) is 0. The van der Waals surface area contributed by atoms with Gasteiger partial charge in [0.25, 0.3) is 0 Å². The largest absolute Gasteiger partial charge is 0.379 e. The smallest absolute Gasteiger partial charge is 0.242 e. The molecule has 1 aliphatic rings. The Balaban J connectivity index is 1.45. The Hall–Kier alpha value is -2.61. The molecule has 1 aliphatic heterocycles. The fourth-order valence-electron chi connectivity index (χ4n) is 3.28. The van der Waals surface area contributed by atoms with Crippen LogP contribution in [0.15, 0.2) is 61.1 Å². The summed E-state index contributed by atoms with van der Waals surface area (Å²) in [5.74, 6) is -0.0236. The van der Waals surface area contributed by atoms with Crippen LogP contribution in [0.5, 0.6) is 0 Å². The number of carbonyl (C=O) groups is 1. The summed E-state index contributed by atoms with van der Waals surface area (Å²) in [6, 6.07) is 13.5. The number of hydrogen-bond donors (Lipinski definition) is 1. The number of benzene rings is 1. The molecule has 1 fully saturated rings. The molecule has 0 spiro atoms. The molecule has 1 saturated heterocycles. The van der Waals surface area contributed by atoms with Crippen LogP contribution in [0.4, 0.5) is 0 Å². The molecule has 3 aromatic rings. The van der Waals surface area contributed by atoms with Gasteiger partial charge in [-0.05, 0) is 11.6 Å². The highest BCUT2D eigenvalue weighted by molar-refractivity contribution is 7.15. The number of nitrogens with one attached hydrogen (secondary N) is 1. The van der Waals surface area contributed by atoms with Crippen molar-refractivity contribution in [1.82, 2.24) is 20.2 Å². The van der Waals surface area contributed by atoms with Crippen LogP contribution in [-0.2, 0) is 16.1 Å². The quantitative estimate of drug-likeness (QED) is 0.696. The highest BCUT2D eigenvalue weighted by Gasteiger charge is 2.29. The molecule has 3 heterocycles. The number of aromatic nitrogens is 2. The molecule has 144 valence electrons. The van der Waals surface area contributed by atoms with Crippen molar-refractivity contribution in [1.29, 1.82) is 0 Å². The molecule has 1 aromatic carbocycles. The van der Waals surface area contributed by atoms with E-state index in [4.69, 9.17) is 4.74 Å². The van der Waals surface area contributed by atoms with Gasteiger partial charge in [-0.1, -0.05) is 36.4 Å². The van der Waals surface area contributed by atoms with Gasteiger partial charge in [0.05, 0.1) is 19.8 Å². The zero-order valence-electron chi connectivity index (χ0n) is 15.5. The summed E-state index contributed by atoms with van der Waals surface area (Å²) in [5, 5.41) is 4.04. The lowest BCUT2D eigenvalue weighted by Gasteiger charge is -2.33. The molecule has 1 N–H and O–H groups in total. The van der Waals surface area contributed by atoms with E-state index < -0.39 is 0 Å². The molecule has 7 heteroatoms. The van der Waals surface area contributed by atoms with Crippen molar-refractivity contribution in [2.24, 2.45) is 0 Å². The van der Waals surface area contributed by atoms with Crippen molar-refractivity contribution in [2.45, 2.75) is 12.6 Å². The van der Waals surface area contributed by atoms with E-state index in [0.29, 0.717) is 19.8 Å². The van der Waals surface area contributed by atoms with Crippen molar-refractivity contribution < 1.29 is 9.53 Å². The summed E-state index contributed by atoms with van der Waals surface area (Å²) in [5.41, 5.74) is 1.99. The first-order chi connectivity index (χ1) is 13.8. The van der Waals surface area contributed by atoms with E-state index in [1.165, 1.54) is 0 Å². The van der Waals surface area contributed by atoms with Crippen LogP contribution >= 0.6 is 11.3 Å². The number of thiazole rings is 1. The summed E-state index contributed by atoms with van der Waals surface area (Å²) in [6.45, 7) is 3.19. The van der Waals surface area contributed by atoms with Gasteiger partial charge in [0, 0.05) is 42.1 Å². The van der Waals surface area contributed by atoms with E-state index >= 15 is 0 Å². The standard InChI is InChI=1S/C21H22N4O2S/c26-20(19(17-7-4-8-22-13-17)25-9-11-27-12-10-25)23-14-18-15-24-21(28-18)16-5-2-1-3-6-16/h1-8,13,15,19H,9-12,14H2,(H,23,26)/t19-/m1/s1. The summed E-state index contributed by atoms with van der Waals surface area (Å²) in [6.07, 6.45) is 5.32. The van der Waals surface area contributed by atoms with Gasteiger partial charge in [0.2, 0.25) is 5.91 Å². The maximum Gasteiger partial charge on any atom is 0.242 e. The predicted molar refractivity (Wildman–Crippen MR) is 109 cm³/mol. The van der Waals surface area contributed by atoms with Crippen molar-refractivity contribution in [3.63, 3.8) is 0 Å². The highest BCUT2D eigenvalue weighted by Crippen LogP contribution is 2.25. The van der Waals surface area contributed by atoms with Gasteiger partial charge in [0.1, 0.15) is 11.0 Å². The first-order valence-corrected chi connectivity index (χ1v) is 10.1. The lowest BCUT2D eigenvalue weighted by Crippen LogP contribution is -2.45. The highest BCUT2D eigenvalue weighted by atomic mass is 32.1. The van der Waals surface area contributed by atoms with Crippen molar-refractivity contribution in [2.75, 3.05) is 26.3 Å². The van der Waals surface area contributed by atoms with Crippen LogP contribution in [0.25, 0.3) is 10.6 Å². The Labute approximate surface area is 168 Å². The molecular weight excluding hydrogens is 372 g/mol. The number of carbonyl (C=O) groups excluding carboxylic acids is 1. The zero-order valence-corrected chi connectivity index (χ0v) is 16.3. The van der Waals surface area contributed by atoms with Gasteiger partial charge in [-0.2, -0.15) is 0 Å². The lowest BCUT2D eigenvalue weighted by atomic mass is 10.1. The van der Waals surface area contributed by atoms with Crippen LogP contribution < -0.4 is 5.32 Å². The molecule has 0 bridgehead atoms. The maximum absolute atomic E-state index is 13.1. The molecular formula is C21H22N4O2S. The molecule has 0 aliphatic carbocycles. The van der Waals surface area contributed by atoms with Crippen LogP contribution in [0.3, 0.4) is 0 Å². The number of pyridine rings is 1. The molecule has 0 unspecified atom stereocenters. The molecule has 2 aromatic heterocycles. The minimum atomic E-state index is -0.362. The molecule has 0 saturated carbocycles. The Morgan fingerprint density at radius 3 is 2.71 bits per heavy atom. The third kappa shape index (κ3) is 4.44. The van der Waals surface area contributed by atoms with E-state index in [2.05, 4.69) is 20.2 Å². The van der Waals surface area contributed by atoms with Crippen LogP contribution in [0.2, 0.25) is 0 Å². The number of ether oxygens (including phenoxy) is 1. The Morgan fingerprint density at radius 2 is 1.96 bits per heavy atom. The number of amides is 1. The predicted octanol–water partition coefficient (Wildman–Crippen LogP) is 2.89. The van der Waals surface area contributed by atoms with Crippen molar-refractivity contribution in [3.8, 4) is 10.6 Å². The van der Waals surface area contributed by atoms with Crippen molar-refractivity contribution in [3.05, 3.63) is 71.5 Å². The first kappa shape index (κ1) is 18.7. The second-order valence-electron chi connectivity index (χ2n) is 6.55. The van der Waals surface area contributed by atoms with Crippen molar-refractivity contribution >= 4 is 17.2 Å². The second-order valence-corrected chi connectivity index (χ2v) is 7.67. The summed E-state index contributed by atoms with van der Waals surface area (Å²) in [4.78, 5) is 24.9. The molecule has 1 atom stereocenters. The van der Waals surface area contributed by atoms with E-state index in [1.807, 2.05) is 48.7 Å². The van der Waals surface area contributed by atoms with Gasteiger partial charge in [0.15, 0.2) is 0 Å². The van der Waals surface area contributed by atoms with Gasteiger partial charge in [-0.3, -0.25) is 14.7 Å². The van der Waals surface area contributed by atoms with E-state index in [9.17, 15) is 4.79 Å². The lowest BCUT2D eigenvalue weighted by molar-refractivity contribution is -0.128. The molecule has 6 nitrogen and oxygen atoms in total. The van der Waals surface area contributed by atoms with E-state index in [-0.39, 0.29) is 11.9 Å². The Kier molecular flexibility index (Phi) is 6.06. The van der Waals surface area contributed by atoms with Gasteiger partial charge in [-0.15, -0.1) is 11.3 Å². The fraction of sp³-hybridized carbons (Fsp3) is 0.286. The van der Waals surface area contributed by atoms with Gasteiger partial charge >= 0.3 is 0 Å². The fourth-order valence-corrected chi connectivity index (χ4v) is 4.13. The minimum absolute atomic E-state index is 0.0236. The Bertz CT molecular complexity index is 895. The average molecular weight is 395 g/mol. The second kappa shape index (κ2) is 9.05. The monoisotopic (exact) mass is 394 g/mol. The van der Waals surface area contributed by atoms with E-state index in [0.717, 1.165) is 34.1 Å². The topological polar surface area (TPSA) is 67.4 Å². The van der Waals surface area contributed by atoms with E-state index in [1.54, 1.807) is 23.7 Å². The number of nitrogens with zero attached hydrogens (tertiary/aromatic N) is 3. The number of hydrogen-bond acceptors (Lipinski definition) is 6. The SMILES string of the molecule is O=C(NCc1cnc(-c2ccccc2)s1)[C@@H](c1cccnc1)N1CCOCC1. The molecule has 28 heavy (non-hydrogen) atoms. The first-order valence-electron chi connectivity index (χ1n) is 9.31. The average Bonchev–Trinajstić information content (AvgIpc) is 3.24. The molecule has 1 amide bonds. The number of rotatable bonds is 6. The maximum atomic E-state index is 13.1. The number of morpholine rings is 1. The summed E-state index contributed by atoms with van der Waals surface area (Å²) < 4.78 is 5.44. The normalized spacial score (nSPS) is 15.9. The Morgan fingerprint density at radius 1 is 1.14 bits per heavy atom. The minimum Gasteiger partial charge on any atom is -0.379 e. The van der Waals surface area contributed by atoms with Crippen LogP contribution in [0.1, 0.15) is 16.5 Å². The third-order valence-electron chi connectivity index (χ3n) is 4.67.